The van der Waals surface area contributed by atoms with Crippen LogP contribution in [-0.2, 0) is 11.3 Å². The molecule has 6 heteroatoms. The number of likely N-dealkylation sites (N-methyl/N-ethyl adjacent to an activating group) is 2. The second-order valence-electron chi connectivity index (χ2n) is 4.14. The third-order valence-corrected chi connectivity index (χ3v) is 3.04. The van der Waals surface area contributed by atoms with Crippen LogP contribution in [0.25, 0.3) is 0 Å². The third-order valence-electron chi connectivity index (χ3n) is 2.82. The average Bonchev–Trinajstić information content (AvgIpc) is 2.39. The Labute approximate surface area is 117 Å². The van der Waals surface area contributed by atoms with Crippen molar-refractivity contribution in [1.82, 2.24) is 10.2 Å². The average molecular weight is 283 g/mol. The second-order valence-corrected chi connectivity index (χ2v) is 4.58. The highest BCUT2D eigenvalue weighted by Crippen LogP contribution is 2.14. The SMILES string of the molecule is CCN(CC(=O)NC)Cc1ccc(F)cc1C(N)=S. The molecule has 0 aromatic heterocycles. The molecule has 0 aliphatic rings. The van der Waals surface area contributed by atoms with Gasteiger partial charge in [-0.3, -0.25) is 9.69 Å². The van der Waals surface area contributed by atoms with Gasteiger partial charge in [-0.2, -0.15) is 0 Å². The molecule has 3 N–H and O–H groups in total. The summed E-state index contributed by atoms with van der Waals surface area (Å²) in [4.78, 5) is 13.5. The van der Waals surface area contributed by atoms with Crippen molar-refractivity contribution in [3.05, 3.63) is 35.1 Å². The maximum absolute atomic E-state index is 13.2. The molecule has 0 heterocycles. The standard InChI is InChI=1S/C13H18FN3OS/c1-3-17(8-12(18)16-2)7-9-4-5-10(14)6-11(9)13(15)19/h4-6H,3,7-8H2,1-2H3,(H2,15,19)(H,16,18). The first-order valence-corrected chi connectivity index (χ1v) is 6.40. The van der Waals surface area contributed by atoms with E-state index in [1.54, 1.807) is 13.1 Å². The molecule has 0 aliphatic heterocycles. The minimum atomic E-state index is -0.374. The lowest BCUT2D eigenvalue weighted by Gasteiger charge is -2.21. The summed E-state index contributed by atoms with van der Waals surface area (Å²) in [7, 11) is 1.59. The molecule has 104 valence electrons. The van der Waals surface area contributed by atoms with Crippen molar-refractivity contribution in [2.75, 3.05) is 20.1 Å². The lowest BCUT2D eigenvalue weighted by Crippen LogP contribution is -2.35. The summed E-state index contributed by atoms with van der Waals surface area (Å²) in [6.45, 7) is 3.42. The van der Waals surface area contributed by atoms with Gasteiger partial charge in [0.05, 0.1) is 6.54 Å². The van der Waals surface area contributed by atoms with Crippen LogP contribution in [0.15, 0.2) is 18.2 Å². The zero-order valence-corrected chi connectivity index (χ0v) is 11.9. The molecule has 0 spiro atoms. The number of thiocarbonyl (C=S) groups is 1. The number of halogens is 1. The number of nitrogens with one attached hydrogen (secondary N) is 1. The maximum Gasteiger partial charge on any atom is 0.233 e. The van der Waals surface area contributed by atoms with Gasteiger partial charge in [-0.15, -0.1) is 0 Å². The normalized spacial score (nSPS) is 10.5. The van der Waals surface area contributed by atoms with E-state index < -0.39 is 0 Å². The molecule has 4 nitrogen and oxygen atoms in total. The van der Waals surface area contributed by atoms with Crippen LogP contribution < -0.4 is 11.1 Å². The largest absolute Gasteiger partial charge is 0.389 e. The predicted molar refractivity (Wildman–Crippen MR) is 77.3 cm³/mol. The molecule has 0 saturated heterocycles. The minimum Gasteiger partial charge on any atom is -0.389 e. The van der Waals surface area contributed by atoms with Gasteiger partial charge in [-0.25, -0.2) is 4.39 Å². The monoisotopic (exact) mass is 283 g/mol. The molecule has 0 bridgehead atoms. The Hall–Kier alpha value is -1.53. The lowest BCUT2D eigenvalue weighted by molar-refractivity contribution is -0.121. The van der Waals surface area contributed by atoms with Gasteiger partial charge in [-0.1, -0.05) is 25.2 Å². The molecule has 0 aliphatic carbocycles. The fourth-order valence-corrected chi connectivity index (χ4v) is 1.91. The van der Waals surface area contributed by atoms with E-state index in [9.17, 15) is 9.18 Å². The Kier molecular flexibility index (Phi) is 5.85. The number of nitrogens with zero attached hydrogens (tertiary/aromatic N) is 1. The number of nitrogens with two attached hydrogens (primary N) is 1. The third kappa shape index (κ3) is 4.57. The molecule has 1 aromatic rings. The number of benzene rings is 1. The number of hydrogen-bond donors (Lipinski definition) is 2. The van der Waals surface area contributed by atoms with E-state index in [2.05, 4.69) is 5.32 Å². The molecule has 19 heavy (non-hydrogen) atoms. The van der Waals surface area contributed by atoms with Gasteiger partial charge in [0.2, 0.25) is 5.91 Å². The molecule has 0 radical (unpaired) electrons. The number of amides is 1. The molecule has 1 amide bonds. The van der Waals surface area contributed by atoms with Crippen molar-refractivity contribution in [2.24, 2.45) is 5.73 Å². The first-order valence-electron chi connectivity index (χ1n) is 5.99. The van der Waals surface area contributed by atoms with Crippen LogP contribution in [0.4, 0.5) is 4.39 Å². The zero-order chi connectivity index (χ0) is 14.4. The lowest BCUT2D eigenvalue weighted by atomic mass is 10.1. The van der Waals surface area contributed by atoms with Crippen LogP contribution in [0, 0.1) is 5.82 Å². The topological polar surface area (TPSA) is 58.4 Å². The molecule has 0 saturated carbocycles. The minimum absolute atomic E-state index is 0.0687. The zero-order valence-electron chi connectivity index (χ0n) is 11.1. The summed E-state index contributed by atoms with van der Waals surface area (Å²) in [6.07, 6.45) is 0. The Morgan fingerprint density at radius 3 is 2.74 bits per heavy atom. The Balaban J connectivity index is 2.90. The summed E-state index contributed by atoms with van der Waals surface area (Å²) in [5.74, 6) is -0.443. The fourth-order valence-electron chi connectivity index (χ4n) is 1.72. The molecule has 1 rings (SSSR count). The van der Waals surface area contributed by atoms with E-state index >= 15 is 0 Å². The van der Waals surface area contributed by atoms with Crippen molar-refractivity contribution in [2.45, 2.75) is 13.5 Å². The van der Waals surface area contributed by atoms with Gasteiger partial charge in [0.1, 0.15) is 10.8 Å². The van der Waals surface area contributed by atoms with Crippen molar-refractivity contribution >= 4 is 23.1 Å². The molecule has 0 atom stereocenters. The van der Waals surface area contributed by atoms with Crippen molar-refractivity contribution in [1.29, 1.82) is 0 Å². The summed E-state index contributed by atoms with van der Waals surface area (Å²) in [6, 6.07) is 4.34. The van der Waals surface area contributed by atoms with Gasteiger partial charge in [-0.05, 0) is 24.2 Å². The molecular formula is C13H18FN3OS. The van der Waals surface area contributed by atoms with Crippen molar-refractivity contribution in [3.8, 4) is 0 Å². The van der Waals surface area contributed by atoms with Crippen LogP contribution in [0.5, 0.6) is 0 Å². The summed E-state index contributed by atoms with van der Waals surface area (Å²) in [5.41, 5.74) is 6.93. The van der Waals surface area contributed by atoms with Crippen LogP contribution in [0.1, 0.15) is 18.1 Å². The van der Waals surface area contributed by atoms with Gasteiger partial charge >= 0.3 is 0 Å². The Morgan fingerprint density at radius 2 is 2.21 bits per heavy atom. The van der Waals surface area contributed by atoms with E-state index in [0.29, 0.717) is 18.7 Å². The van der Waals surface area contributed by atoms with Gasteiger partial charge in [0, 0.05) is 19.2 Å². The number of carbonyl (C=O) groups is 1. The van der Waals surface area contributed by atoms with Crippen LogP contribution in [0.3, 0.4) is 0 Å². The highest BCUT2D eigenvalue weighted by Gasteiger charge is 2.12. The quantitative estimate of drug-likeness (QED) is 0.766. The first-order chi connectivity index (χ1) is 8.97. The van der Waals surface area contributed by atoms with Crippen molar-refractivity contribution in [3.63, 3.8) is 0 Å². The van der Waals surface area contributed by atoms with Crippen LogP contribution in [-0.4, -0.2) is 35.9 Å². The molecule has 0 unspecified atom stereocenters. The molecular weight excluding hydrogens is 265 g/mol. The van der Waals surface area contributed by atoms with Crippen LogP contribution >= 0.6 is 12.2 Å². The smallest absolute Gasteiger partial charge is 0.233 e. The predicted octanol–water partition coefficient (Wildman–Crippen LogP) is 1.03. The van der Waals surface area contributed by atoms with E-state index in [0.717, 1.165) is 5.56 Å². The molecule has 1 aromatic carbocycles. The van der Waals surface area contributed by atoms with Gasteiger partial charge in [0.15, 0.2) is 0 Å². The fraction of sp³-hybridized carbons (Fsp3) is 0.385. The number of hydrogen-bond acceptors (Lipinski definition) is 3. The van der Waals surface area contributed by atoms with Gasteiger partial charge in [0.25, 0.3) is 0 Å². The first kappa shape index (κ1) is 15.5. The van der Waals surface area contributed by atoms with E-state index in [1.807, 2.05) is 11.8 Å². The summed E-state index contributed by atoms with van der Waals surface area (Å²) in [5, 5.41) is 2.57. The number of rotatable bonds is 6. The van der Waals surface area contributed by atoms with Gasteiger partial charge < -0.3 is 11.1 Å². The van der Waals surface area contributed by atoms with Crippen molar-refractivity contribution < 1.29 is 9.18 Å². The summed E-state index contributed by atoms with van der Waals surface area (Å²) >= 11 is 4.92. The second kappa shape index (κ2) is 7.16. The Bertz CT molecular complexity index is 479. The Morgan fingerprint density at radius 1 is 1.53 bits per heavy atom. The van der Waals surface area contributed by atoms with E-state index in [4.69, 9.17) is 18.0 Å². The molecule has 0 fully saturated rings. The van der Waals surface area contributed by atoms with E-state index in [-0.39, 0.29) is 23.3 Å². The highest BCUT2D eigenvalue weighted by atomic mass is 32.1. The summed E-state index contributed by atoms with van der Waals surface area (Å²) < 4.78 is 13.2. The van der Waals surface area contributed by atoms with Crippen LogP contribution in [0.2, 0.25) is 0 Å². The number of carbonyl (C=O) groups excluding carboxylic acids is 1. The maximum atomic E-state index is 13.2. The highest BCUT2D eigenvalue weighted by molar-refractivity contribution is 7.80. The van der Waals surface area contributed by atoms with E-state index in [1.165, 1.54) is 12.1 Å².